The van der Waals surface area contributed by atoms with Gasteiger partial charge in [-0.1, -0.05) is 30.3 Å². The van der Waals surface area contributed by atoms with Crippen molar-refractivity contribution < 1.29 is 9.59 Å². The van der Waals surface area contributed by atoms with Crippen molar-refractivity contribution in [1.29, 1.82) is 0 Å². The van der Waals surface area contributed by atoms with Gasteiger partial charge in [0, 0.05) is 51.7 Å². The minimum absolute atomic E-state index is 0.0126. The molecule has 164 valence electrons. The van der Waals surface area contributed by atoms with Crippen LogP contribution >= 0.6 is 0 Å². The van der Waals surface area contributed by atoms with Crippen LogP contribution in [0, 0.1) is 0 Å². The summed E-state index contributed by atoms with van der Waals surface area (Å²) in [6.07, 6.45) is 6.31. The van der Waals surface area contributed by atoms with Gasteiger partial charge in [-0.15, -0.1) is 0 Å². The van der Waals surface area contributed by atoms with Gasteiger partial charge in [-0.3, -0.25) is 19.4 Å². The number of carbonyl (C=O) groups excluding carboxylic acids is 2. The lowest BCUT2D eigenvalue weighted by Gasteiger charge is -2.29. The van der Waals surface area contributed by atoms with Crippen LogP contribution in [0.25, 0.3) is 0 Å². The summed E-state index contributed by atoms with van der Waals surface area (Å²) in [5.41, 5.74) is 3.52. The average molecular weight is 431 g/mol. The summed E-state index contributed by atoms with van der Waals surface area (Å²) in [6.45, 7) is 3.22. The molecule has 0 bridgehead atoms. The smallest absolute Gasteiger partial charge is 0.263 e. The molecule has 0 atom stereocenters. The number of fused-ring (bicyclic) bond motifs is 1. The van der Waals surface area contributed by atoms with Crippen LogP contribution in [0.4, 0.5) is 0 Å². The van der Waals surface area contributed by atoms with Crippen molar-refractivity contribution in [3.8, 4) is 0 Å². The second kappa shape index (κ2) is 9.60. The number of pyridine rings is 2. The standard InChI is InChI=1S/C25H26N4O3/c1-18(30)28-14-10-22-21(16-28)17-29(13-9-19-5-3-2-4-6-19)25(32)23(22)24(31)27-15-20-7-11-26-12-8-20/h2-8,11-12,17H,9-10,13-16H2,1H3,(H,27,31). The van der Waals surface area contributed by atoms with Gasteiger partial charge in [-0.05, 0) is 47.2 Å². The molecule has 32 heavy (non-hydrogen) atoms. The summed E-state index contributed by atoms with van der Waals surface area (Å²) < 4.78 is 1.61. The quantitative estimate of drug-likeness (QED) is 0.651. The van der Waals surface area contributed by atoms with E-state index in [1.807, 2.05) is 48.7 Å². The predicted molar refractivity (Wildman–Crippen MR) is 121 cm³/mol. The third-order valence-corrected chi connectivity index (χ3v) is 5.83. The highest BCUT2D eigenvalue weighted by Crippen LogP contribution is 2.21. The number of benzene rings is 1. The van der Waals surface area contributed by atoms with Gasteiger partial charge in [0.05, 0.1) is 0 Å². The van der Waals surface area contributed by atoms with Crippen LogP contribution in [-0.2, 0) is 37.3 Å². The Hall–Kier alpha value is -3.74. The zero-order valence-corrected chi connectivity index (χ0v) is 18.1. The molecule has 0 aliphatic carbocycles. The zero-order valence-electron chi connectivity index (χ0n) is 18.1. The molecule has 1 aliphatic rings. The summed E-state index contributed by atoms with van der Waals surface area (Å²) in [4.78, 5) is 44.1. The molecule has 4 rings (SSSR count). The fraction of sp³-hybridized carbons (Fsp3) is 0.280. The minimum Gasteiger partial charge on any atom is -0.348 e. The molecule has 7 nitrogen and oxygen atoms in total. The van der Waals surface area contributed by atoms with E-state index in [0.717, 1.165) is 22.3 Å². The molecule has 0 fully saturated rings. The number of aromatic nitrogens is 2. The van der Waals surface area contributed by atoms with E-state index in [-0.39, 0.29) is 22.9 Å². The lowest BCUT2D eigenvalue weighted by Crippen LogP contribution is -2.40. The maximum atomic E-state index is 13.3. The Morgan fingerprint density at radius 1 is 1.06 bits per heavy atom. The third kappa shape index (κ3) is 4.77. The number of hydrogen-bond donors (Lipinski definition) is 1. The Labute approximate surface area is 186 Å². The minimum atomic E-state index is -0.381. The number of carbonyl (C=O) groups is 2. The van der Waals surface area contributed by atoms with Crippen LogP contribution in [0.2, 0.25) is 0 Å². The highest BCUT2D eigenvalue weighted by atomic mass is 16.2. The van der Waals surface area contributed by atoms with Crippen LogP contribution in [0.15, 0.2) is 65.8 Å². The van der Waals surface area contributed by atoms with E-state index in [1.54, 1.807) is 28.8 Å². The van der Waals surface area contributed by atoms with Gasteiger partial charge >= 0.3 is 0 Å². The summed E-state index contributed by atoms with van der Waals surface area (Å²) in [5, 5.41) is 2.88. The van der Waals surface area contributed by atoms with Crippen LogP contribution in [0.1, 0.15) is 39.5 Å². The molecule has 1 aromatic carbocycles. The first kappa shape index (κ1) is 21.5. The fourth-order valence-corrected chi connectivity index (χ4v) is 4.05. The van der Waals surface area contributed by atoms with Crippen LogP contribution in [-0.4, -0.2) is 32.8 Å². The first-order valence-electron chi connectivity index (χ1n) is 10.7. The summed E-state index contributed by atoms with van der Waals surface area (Å²) in [6, 6.07) is 13.6. The van der Waals surface area contributed by atoms with Crippen molar-refractivity contribution in [2.24, 2.45) is 0 Å². The number of hydrogen-bond acceptors (Lipinski definition) is 4. The number of nitrogens with zero attached hydrogens (tertiary/aromatic N) is 3. The molecule has 1 aliphatic heterocycles. The first-order chi connectivity index (χ1) is 15.5. The molecule has 2 amide bonds. The first-order valence-corrected chi connectivity index (χ1v) is 10.7. The molecule has 0 saturated carbocycles. The van der Waals surface area contributed by atoms with Crippen molar-refractivity contribution in [3.05, 3.63) is 99.2 Å². The summed E-state index contributed by atoms with van der Waals surface area (Å²) in [7, 11) is 0. The molecular formula is C25H26N4O3. The predicted octanol–water partition coefficient (Wildman–Crippen LogP) is 2.32. The Morgan fingerprint density at radius 3 is 2.53 bits per heavy atom. The Morgan fingerprint density at radius 2 is 1.81 bits per heavy atom. The Kier molecular flexibility index (Phi) is 6.44. The third-order valence-electron chi connectivity index (χ3n) is 5.83. The average Bonchev–Trinajstić information content (AvgIpc) is 2.82. The lowest BCUT2D eigenvalue weighted by molar-refractivity contribution is -0.129. The van der Waals surface area contributed by atoms with Gasteiger partial charge in [-0.2, -0.15) is 0 Å². The number of nitrogens with one attached hydrogen (secondary N) is 1. The summed E-state index contributed by atoms with van der Waals surface area (Å²) in [5.74, 6) is -0.394. The van der Waals surface area contributed by atoms with E-state index in [4.69, 9.17) is 0 Å². The topological polar surface area (TPSA) is 84.3 Å². The van der Waals surface area contributed by atoms with Crippen LogP contribution in [0.5, 0.6) is 0 Å². The van der Waals surface area contributed by atoms with Crippen molar-refractivity contribution in [2.45, 2.75) is 39.4 Å². The van der Waals surface area contributed by atoms with Gasteiger partial charge in [-0.25, -0.2) is 0 Å². The largest absolute Gasteiger partial charge is 0.348 e. The molecule has 0 spiro atoms. The molecular weight excluding hydrogens is 404 g/mol. The van der Waals surface area contributed by atoms with E-state index in [2.05, 4.69) is 10.3 Å². The van der Waals surface area contributed by atoms with E-state index in [0.29, 0.717) is 39.0 Å². The van der Waals surface area contributed by atoms with Crippen LogP contribution in [0.3, 0.4) is 0 Å². The molecule has 2 aromatic heterocycles. The SMILES string of the molecule is CC(=O)N1CCc2c(cn(CCc3ccccc3)c(=O)c2C(=O)NCc2ccncc2)C1. The van der Waals surface area contributed by atoms with Crippen molar-refractivity contribution in [1.82, 2.24) is 19.8 Å². The van der Waals surface area contributed by atoms with Crippen LogP contribution < -0.4 is 10.9 Å². The van der Waals surface area contributed by atoms with Gasteiger partial charge in [0.2, 0.25) is 5.91 Å². The number of amides is 2. The van der Waals surface area contributed by atoms with E-state index in [9.17, 15) is 14.4 Å². The number of aryl methyl sites for hydroxylation is 2. The van der Waals surface area contributed by atoms with Crippen molar-refractivity contribution in [2.75, 3.05) is 6.54 Å². The molecule has 1 N–H and O–H groups in total. The fourth-order valence-electron chi connectivity index (χ4n) is 4.05. The Balaban J connectivity index is 1.65. The Bertz CT molecular complexity index is 1170. The van der Waals surface area contributed by atoms with Gasteiger partial charge < -0.3 is 14.8 Å². The van der Waals surface area contributed by atoms with Gasteiger partial charge in [0.1, 0.15) is 5.56 Å². The van der Waals surface area contributed by atoms with Gasteiger partial charge in [0.25, 0.3) is 11.5 Å². The molecule has 3 aromatic rings. The molecule has 3 heterocycles. The summed E-state index contributed by atoms with van der Waals surface area (Å²) >= 11 is 0. The second-order valence-corrected chi connectivity index (χ2v) is 7.97. The maximum Gasteiger partial charge on any atom is 0.263 e. The second-order valence-electron chi connectivity index (χ2n) is 7.97. The molecule has 0 radical (unpaired) electrons. The zero-order chi connectivity index (χ0) is 22.5. The lowest BCUT2D eigenvalue weighted by atomic mass is 9.95. The molecule has 0 saturated heterocycles. The normalized spacial score (nSPS) is 12.8. The number of rotatable bonds is 6. The maximum absolute atomic E-state index is 13.3. The van der Waals surface area contributed by atoms with Crippen molar-refractivity contribution in [3.63, 3.8) is 0 Å². The van der Waals surface area contributed by atoms with E-state index < -0.39 is 0 Å². The molecule has 7 heteroatoms. The van der Waals surface area contributed by atoms with Gasteiger partial charge in [0.15, 0.2) is 0 Å². The van der Waals surface area contributed by atoms with E-state index >= 15 is 0 Å². The highest BCUT2D eigenvalue weighted by molar-refractivity contribution is 5.95. The molecule has 0 unspecified atom stereocenters. The monoisotopic (exact) mass is 430 g/mol. The highest BCUT2D eigenvalue weighted by Gasteiger charge is 2.27. The van der Waals surface area contributed by atoms with E-state index in [1.165, 1.54) is 0 Å². The van der Waals surface area contributed by atoms with Crippen molar-refractivity contribution >= 4 is 11.8 Å².